The minimum atomic E-state index is -2.12. The second-order valence-corrected chi connectivity index (χ2v) is 10.2. The Bertz CT molecular complexity index is 1260. The standard InChI is InChI=1S/C23H19Cl3N6O6/c1-13(23(24,25)26)35-21-17(37-20(34)15-11-7-4-8-12-15)16(36-19(33)14-9-5-3-6-10-14)18(38-21)22(2,29-31-27)30-32-28/h3-12,16-18,21H,1H2,2H3/t16?,17-,18-,21+/m0/s1. The maximum atomic E-state index is 13.0. The monoisotopic (exact) mass is 580 g/mol. The molecule has 0 saturated carbocycles. The zero-order chi connectivity index (χ0) is 27.9. The van der Waals surface area contributed by atoms with Crippen molar-refractivity contribution in [3.8, 4) is 0 Å². The fourth-order valence-corrected chi connectivity index (χ4v) is 3.60. The van der Waals surface area contributed by atoms with Crippen molar-refractivity contribution in [2.45, 2.75) is 41.0 Å². The molecule has 0 amide bonds. The topological polar surface area (TPSA) is 169 Å². The van der Waals surface area contributed by atoms with Gasteiger partial charge in [0.05, 0.1) is 11.1 Å². The predicted octanol–water partition coefficient (Wildman–Crippen LogP) is 6.40. The Morgan fingerprint density at radius 2 is 1.32 bits per heavy atom. The summed E-state index contributed by atoms with van der Waals surface area (Å²) in [5, 5.41) is 7.08. The largest absolute Gasteiger partial charge is 0.461 e. The van der Waals surface area contributed by atoms with Crippen molar-refractivity contribution in [1.82, 2.24) is 0 Å². The number of alkyl halides is 3. The van der Waals surface area contributed by atoms with E-state index in [-0.39, 0.29) is 11.1 Å². The van der Waals surface area contributed by atoms with Crippen LogP contribution in [0.1, 0.15) is 27.6 Å². The smallest absolute Gasteiger partial charge is 0.338 e. The quantitative estimate of drug-likeness (QED) is 0.0828. The Hall–Kier alpha value is -3.63. The summed E-state index contributed by atoms with van der Waals surface area (Å²) in [6, 6.07) is 15.7. The molecule has 3 rings (SSSR count). The molecular formula is C23H19Cl3N6O6. The third-order valence-corrected chi connectivity index (χ3v) is 5.92. The van der Waals surface area contributed by atoms with E-state index in [1.165, 1.54) is 31.2 Å². The van der Waals surface area contributed by atoms with Gasteiger partial charge in [0.1, 0.15) is 11.9 Å². The van der Waals surface area contributed by atoms with E-state index < -0.39 is 51.8 Å². The molecule has 1 saturated heterocycles. The first kappa shape index (κ1) is 28.9. The lowest BCUT2D eigenvalue weighted by atomic mass is 9.99. The number of ether oxygens (including phenoxy) is 4. The molecule has 15 heteroatoms. The van der Waals surface area contributed by atoms with Crippen LogP contribution in [-0.2, 0) is 18.9 Å². The third-order valence-electron chi connectivity index (χ3n) is 5.28. The molecule has 1 heterocycles. The van der Waals surface area contributed by atoms with Gasteiger partial charge in [-0.15, -0.1) is 0 Å². The Balaban J connectivity index is 2.09. The van der Waals surface area contributed by atoms with Gasteiger partial charge in [-0.25, -0.2) is 9.59 Å². The molecule has 1 fully saturated rings. The minimum Gasteiger partial charge on any atom is -0.461 e. The zero-order valence-electron chi connectivity index (χ0n) is 19.6. The number of hydrogen-bond donors (Lipinski definition) is 0. The molecule has 0 aromatic heterocycles. The summed E-state index contributed by atoms with van der Waals surface area (Å²) >= 11 is 17.6. The molecule has 2 aromatic carbocycles. The number of carbonyl (C=O) groups is 2. The maximum Gasteiger partial charge on any atom is 0.338 e. The van der Waals surface area contributed by atoms with Crippen molar-refractivity contribution in [2.24, 2.45) is 10.2 Å². The van der Waals surface area contributed by atoms with E-state index in [4.69, 9.17) is 64.8 Å². The number of benzene rings is 2. The molecule has 2 aromatic rings. The fraction of sp³-hybridized carbons (Fsp3) is 0.304. The molecule has 1 unspecified atom stereocenters. The third kappa shape index (κ3) is 6.81. The van der Waals surface area contributed by atoms with Gasteiger partial charge in [-0.2, -0.15) is 0 Å². The van der Waals surface area contributed by atoms with Crippen molar-refractivity contribution in [1.29, 1.82) is 0 Å². The van der Waals surface area contributed by atoms with Crippen LogP contribution in [0, 0.1) is 0 Å². The summed E-state index contributed by atoms with van der Waals surface area (Å²) in [5.74, 6) is -2.12. The lowest BCUT2D eigenvalue weighted by Crippen LogP contribution is -2.48. The molecule has 0 aliphatic carbocycles. The van der Waals surface area contributed by atoms with Gasteiger partial charge in [0.2, 0.25) is 16.2 Å². The summed E-state index contributed by atoms with van der Waals surface area (Å²) in [5.41, 5.74) is 16.5. The lowest BCUT2D eigenvalue weighted by Gasteiger charge is -2.30. The summed E-state index contributed by atoms with van der Waals surface area (Å²) in [6.07, 6.45) is -6.20. The minimum absolute atomic E-state index is 0.142. The number of hydrogen-bond acceptors (Lipinski definition) is 8. The molecule has 0 spiro atoms. The van der Waals surface area contributed by atoms with Crippen molar-refractivity contribution in [3.05, 3.63) is 105 Å². The average molecular weight is 582 g/mol. The van der Waals surface area contributed by atoms with Crippen LogP contribution in [0.4, 0.5) is 0 Å². The first-order valence-corrected chi connectivity index (χ1v) is 11.9. The molecule has 38 heavy (non-hydrogen) atoms. The average Bonchev–Trinajstić information content (AvgIpc) is 3.21. The van der Waals surface area contributed by atoms with Crippen LogP contribution >= 0.6 is 34.8 Å². The predicted molar refractivity (Wildman–Crippen MR) is 137 cm³/mol. The first-order valence-electron chi connectivity index (χ1n) is 10.7. The van der Waals surface area contributed by atoms with Crippen molar-refractivity contribution < 1.29 is 28.5 Å². The Kier molecular flexibility index (Phi) is 9.35. The van der Waals surface area contributed by atoms with E-state index >= 15 is 0 Å². The molecule has 0 bridgehead atoms. The van der Waals surface area contributed by atoms with Gasteiger partial charge in [-0.05, 0) is 42.3 Å². The number of carbonyl (C=O) groups excluding carboxylic acids is 2. The van der Waals surface area contributed by atoms with Gasteiger partial charge in [-0.3, -0.25) is 0 Å². The van der Waals surface area contributed by atoms with Crippen LogP contribution < -0.4 is 0 Å². The van der Waals surface area contributed by atoms with E-state index in [9.17, 15) is 9.59 Å². The summed E-state index contributed by atoms with van der Waals surface area (Å²) < 4.78 is 20.6. The van der Waals surface area contributed by atoms with E-state index in [1.54, 1.807) is 36.4 Å². The summed E-state index contributed by atoms with van der Waals surface area (Å²) in [4.78, 5) is 31.5. The second-order valence-electron chi connectivity index (χ2n) is 7.91. The fourth-order valence-electron chi connectivity index (χ4n) is 3.47. The Morgan fingerprint density at radius 1 is 0.868 bits per heavy atom. The highest BCUT2D eigenvalue weighted by Crippen LogP contribution is 2.41. The van der Waals surface area contributed by atoms with E-state index in [0.29, 0.717) is 0 Å². The van der Waals surface area contributed by atoms with E-state index in [0.717, 1.165) is 0 Å². The molecule has 0 radical (unpaired) electrons. The van der Waals surface area contributed by atoms with Gasteiger partial charge < -0.3 is 18.9 Å². The number of nitrogens with zero attached hydrogens (tertiary/aromatic N) is 6. The molecule has 12 nitrogen and oxygen atoms in total. The molecule has 1 aliphatic rings. The van der Waals surface area contributed by atoms with Crippen LogP contribution in [0.3, 0.4) is 0 Å². The number of azide groups is 1. The summed E-state index contributed by atoms with van der Waals surface area (Å²) in [7, 11) is 0. The normalized spacial score (nSPS) is 22.1. The summed E-state index contributed by atoms with van der Waals surface area (Å²) in [6.45, 7) is 4.77. The van der Waals surface area contributed by atoms with Gasteiger partial charge >= 0.3 is 11.9 Å². The molecular weight excluding hydrogens is 563 g/mol. The van der Waals surface area contributed by atoms with Crippen LogP contribution in [0.15, 0.2) is 83.2 Å². The van der Waals surface area contributed by atoms with Crippen molar-refractivity contribution in [2.75, 3.05) is 0 Å². The van der Waals surface area contributed by atoms with Crippen LogP contribution in [0.25, 0.3) is 20.9 Å². The first-order chi connectivity index (χ1) is 18.0. The number of allylic oxidation sites excluding steroid dienone is 1. The van der Waals surface area contributed by atoms with Crippen LogP contribution in [0.5, 0.6) is 0 Å². The molecule has 1 aliphatic heterocycles. The van der Waals surface area contributed by atoms with Gasteiger partial charge in [0.15, 0.2) is 11.8 Å². The van der Waals surface area contributed by atoms with Gasteiger partial charge in [-0.1, -0.05) is 88.0 Å². The lowest BCUT2D eigenvalue weighted by molar-refractivity contribution is -0.152. The molecule has 4 atom stereocenters. The molecule has 0 N–H and O–H groups in total. The highest BCUT2D eigenvalue weighted by molar-refractivity contribution is 6.69. The van der Waals surface area contributed by atoms with E-state index in [2.05, 4.69) is 26.6 Å². The van der Waals surface area contributed by atoms with Gasteiger partial charge in [0, 0.05) is 9.82 Å². The maximum absolute atomic E-state index is 13.0. The number of esters is 2. The SMILES string of the molecule is C=C(O[C@@H]1O[C@H](C(C)(N=[N+]=[N-])N=[N+]=[N-])C(OC(=O)c2ccccc2)[C@@H]1OC(=O)c1ccccc1)C(Cl)(Cl)Cl. The van der Waals surface area contributed by atoms with Gasteiger partial charge in [0.25, 0.3) is 0 Å². The Morgan fingerprint density at radius 3 is 1.74 bits per heavy atom. The number of rotatable bonds is 9. The highest BCUT2D eigenvalue weighted by atomic mass is 35.6. The van der Waals surface area contributed by atoms with Crippen LogP contribution in [-0.4, -0.2) is 46.0 Å². The second kappa shape index (κ2) is 12.3. The zero-order valence-corrected chi connectivity index (χ0v) is 21.8. The number of halogens is 3. The van der Waals surface area contributed by atoms with Crippen molar-refractivity contribution in [3.63, 3.8) is 0 Å². The van der Waals surface area contributed by atoms with Crippen LogP contribution in [0.2, 0.25) is 0 Å². The van der Waals surface area contributed by atoms with Crippen molar-refractivity contribution >= 4 is 46.7 Å². The highest BCUT2D eigenvalue weighted by Gasteiger charge is 2.58. The van der Waals surface area contributed by atoms with E-state index in [1.807, 2.05) is 0 Å². The Labute approximate surface area is 231 Å². The molecule has 198 valence electrons.